The second kappa shape index (κ2) is 8.17. The molecule has 31 heavy (non-hydrogen) atoms. The van der Waals surface area contributed by atoms with Crippen LogP contribution >= 0.6 is 0 Å². The number of benzene rings is 2. The van der Waals surface area contributed by atoms with Gasteiger partial charge in [0.2, 0.25) is 5.91 Å². The summed E-state index contributed by atoms with van der Waals surface area (Å²) in [7, 11) is 1.29. The molecule has 0 fully saturated rings. The molecular weight excluding hydrogens is 421 g/mol. The minimum atomic E-state index is -4.63. The molecule has 2 N–H and O–H groups in total. The number of ether oxygens (including phenoxy) is 2. The SMILES string of the molecule is COc1cccc(C(=O)OC(C)C(=O)N2CC(=O)Nc3cc(C(F)(F)F)ccc32)c1O. The van der Waals surface area contributed by atoms with E-state index in [2.05, 4.69) is 5.32 Å². The number of carbonyl (C=O) groups excluding carboxylic acids is 3. The molecule has 8 nitrogen and oxygen atoms in total. The summed E-state index contributed by atoms with van der Waals surface area (Å²) in [5, 5.41) is 12.3. The molecule has 0 radical (unpaired) electrons. The molecule has 3 rings (SSSR count). The van der Waals surface area contributed by atoms with E-state index in [9.17, 15) is 32.7 Å². The molecule has 0 saturated heterocycles. The van der Waals surface area contributed by atoms with Gasteiger partial charge in [-0.1, -0.05) is 6.07 Å². The third kappa shape index (κ3) is 4.39. The summed E-state index contributed by atoms with van der Waals surface area (Å²) in [4.78, 5) is 38.1. The van der Waals surface area contributed by atoms with Crippen LogP contribution in [0.25, 0.3) is 0 Å². The number of methoxy groups -OCH3 is 1. The standard InChI is InChI=1S/C20H17F3N2O6/c1-10(31-19(29)12-4-3-5-15(30-2)17(12)27)18(28)25-9-16(26)24-13-8-11(20(21,22)23)6-7-14(13)25/h3-8,10,27H,9H2,1-2H3,(H,24,26). The second-order valence-corrected chi connectivity index (χ2v) is 6.61. The monoisotopic (exact) mass is 438 g/mol. The van der Waals surface area contributed by atoms with Gasteiger partial charge in [-0.05, 0) is 37.3 Å². The Morgan fingerprint density at radius 1 is 1.23 bits per heavy atom. The smallest absolute Gasteiger partial charge is 0.416 e. The number of fused-ring (bicyclic) bond motifs is 1. The zero-order valence-electron chi connectivity index (χ0n) is 16.3. The number of amides is 2. The molecule has 1 unspecified atom stereocenters. The third-order valence-corrected chi connectivity index (χ3v) is 4.53. The van der Waals surface area contributed by atoms with Gasteiger partial charge < -0.3 is 19.9 Å². The van der Waals surface area contributed by atoms with E-state index in [1.807, 2.05) is 0 Å². The maximum atomic E-state index is 13.0. The molecule has 2 aromatic rings. The lowest BCUT2D eigenvalue weighted by Crippen LogP contribution is -2.47. The second-order valence-electron chi connectivity index (χ2n) is 6.61. The lowest BCUT2D eigenvalue weighted by molar-refractivity contribution is -0.137. The first-order valence-electron chi connectivity index (χ1n) is 8.92. The Balaban J connectivity index is 1.83. The van der Waals surface area contributed by atoms with Crippen LogP contribution in [-0.4, -0.2) is 42.6 Å². The minimum absolute atomic E-state index is 0.0236. The predicted molar refractivity (Wildman–Crippen MR) is 102 cm³/mol. The van der Waals surface area contributed by atoms with Crippen LogP contribution in [0.3, 0.4) is 0 Å². The predicted octanol–water partition coefficient (Wildman–Crippen LogP) is 2.95. The Hall–Kier alpha value is -3.76. The summed E-state index contributed by atoms with van der Waals surface area (Å²) >= 11 is 0. The van der Waals surface area contributed by atoms with Crippen LogP contribution in [0.15, 0.2) is 36.4 Å². The zero-order chi connectivity index (χ0) is 22.9. The maximum absolute atomic E-state index is 13.0. The number of phenolic OH excluding ortho intramolecular Hbond substituents is 1. The highest BCUT2D eigenvalue weighted by molar-refractivity contribution is 6.11. The van der Waals surface area contributed by atoms with Gasteiger partial charge in [-0.25, -0.2) is 4.79 Å². The topological polar surface area (TPSA) is 105 Å². The van der Waals surface area contributed by atoms with E-state index in [0.29, 0.717) is 0 Å². The Morgan fingerprint density at radius 2 is 1.94 bits per heavy atom. The van der Waals surface area contributed by atoms with E-state index in [-0.39, 0.29) is 22.7 Å². The van der Waals surface area contributed by atoms with E-state index < -0.39 is 47.9 Å². The number of hydrogen-bond donors (Lipinski definition) is 2. The van der Waals surface area contributed by atoms with Gasteiger partial charge in [0, 0.05) is 0 Å². The average Bonchev–Trinajstić information content (AvgIpc) is 2.71. The molecule has 0 saturated carbocycles. The first-order chi connectivity index (χ1) is 14.5. The van der Waals surface area contributed by atoms with E-state index in [0.717, 1.165) is 23.1 Å². The van der Waals surface area contributed by atoms with Crippen molar-refractivity contribution in [3.8, 4) is 11.5 Å². The van der Waals surface area contributed by atoms with Gasteiger partial charge in [0.25, 0.3) is 5.91 Å². The lowest BCUT2D eigenvalue weighted by Gasteiger charge is -2.31. The molecule has 11 heteroatoms. The molecule has 0 bridgehead atoms. The van der Waals surface area contributed by atoms with Gasteiger partial charge >= 0.3 is 12.1 Å². The summed E-state index contributed by atoms with van der Waals surface area (Å²) in [6.07, 6.45) is -6.03. The first kappa shape index (κ1) is 21.9. The van der Waals surface area contributed by atoms with Crippen LogP contribution in [0, 0.1) is 0 Å². The summed E-state index contributed by atoms with van der Waals surface area (Å²) in [5.41, 5.74) is -1.40. The fourth-order valence-corrected chi connectivity index (χ4v) is 3.01. The van der Waals surface area contributed by atoms with Crippen molar-refractivity contribution in [3.05, 3.63) is 47.5 Å². The largest absolute Gasteiger partial charge is 0.504 e. The number of esters is 1. The van der Waals surface area contributed by atoms with Crippen LogP contribution in [-0.2, 0) is 20.5 Å². The molecule has 0 aliphatic carbocycles. The highest BCUT2D eigenvalue weighted by Gasteiger charge is 2.36. The summed E-state index contributed by atoms with van der Waals surface area (Å²) in [6.45, 7) is 0.775. The van der Waals surface area contributed by atoms with E-state index in [1.165, 1.54) is 32.2 Å². The van der Waals surface area contributed by atoms with Crippen LogP contribution in [0.1, 0.15) is 22.8 Å². The number of halogens is 3. The number of aromatic hydroxyl groups is 1. The Morgan fingerprint density at radius 3 is 2.58 bits per heavy atom. The molecule has 1 atom stereocenters. The number of hydrogen-bond acceptors (Lipinski definition) is 6. The normalized spacial score (nSPS) is 14.4. The number of anilines is 2. The van der Waals surface area contributed by atoms with Gasteiger partial charge in [0.1, 0.15) is 12.1 Å². The number of carbonyl (C=O) groups is 3. The molecule has 1 aliphatic heterocycles. The fraction of sp³-hybridized carbons (Fsp3) is 0.250. The summed E-state index contributed by atoms with van der Waals surface area (Å²) in [6, 6.07) is 6.67. The van der Waals surface area contributed by atoms with Crippen molar-refractivity contribution in [3.63, 3.8) is 0 Å². The average molecular weight is 438 g/mol. The third-order valence-electron chi connectivity index (χ3n) is 4.53. The van der Waals surface area contributed by atoms with E-state index >= 15 is 0 Å². The van der Waals surface area contributed by atoms with Gasteiger partial charge in [-0.15, -0.1) is 0 Å². The quantitative estimate of drug-likeness (QED) is 0.712. The van der Waals surface area contributed by atoms with Gasteiger partial charge in [-0.3, -0.25) is 14.5 Å². The van der Waals surface area contributed by atoms with Gasteiger partial charge in [-0.2, -0.15) is 13.2 Å². The number of phenols is 1. The molecule has 164 valence electrons. The van der Waals surface area contributed by atoms with Crippen molar-refractivity contribution < 1.29 is 42.1 Å². The van der Waals surface area contributed by atoms with Crippen molar-refractivity contribution in [2.75, 3.05) is 23.9 Å². The molecule has 2 amide bonds. The highest BCUT2D eigenvalue weighted by Crippen LogP contribution is 2.37. The molecule has 0 aromatic heterocycles. The summed E-state index contributed by atoms with van der Waals surface area (Å²) in [5.74, 6) is -3.00. The molecule has 0 spiro atoms. The van der Waals surface area contributed by atoms with E-state index in [4.69, 9.17) is 9.47 Å². The van der Waals surface area contributed by atoms with Crippen molar-refractivity contribution in [1.82, 2.24) is 0 Å². The van der Waals surface area contributed by atoms with Crippen molar-refractivity contribution in [2.45, 2.75) is 19.2 Å². The number of para-hydroxylation sites is 1. The number of nitrogens with zero attached hydrogens (tertiary/aromatic N) is 1. The fourth-order valence-electron chi connectivity index (χ4n) is 3.01. The van der Waals surface area contributed by atoms with Crippen molar-refractivity contribution >= 4 is 29.2 Å². The Labute approximate surface area is 174 Å². The molecule has 1 aliphatic rings. The Bertz CT molecular complexity index is 1050. The number of nitrogens with one attached hydrogen (secondary N) is 1. The van der Waals surface area contributed by atoms with Crippen LogP contribution in [0.2, 0.25) is 0 Å². The Kier molecular flexibility index (Phi) is 5.78. The van der Waals surface area contributed by atoms with Gasteiger partial charge in [0.05, 0.1) is 24.0 Å². The molecule has 2 aromatic carbocycles. The van der Waals surface area contributed by atoms with Gasteiger partial charge in [0.15, 0.2) is 17.6 Å². The zero-order valence-corrected chi connectivity index (χ0v) is 16.3. The number of rotatable bonds is 4. The number of alkyl halides is 3. The lowest BCUT2D eigenvalue weighted by atomic mass is 10.1. The highest BCUT2D eigenvalue weighted by atomic mass is 19.4. The van der Waals surface area contributed by atoms with Crippen molar-refractivity contribution in [2.24, 2.45) is 0 Å². The maximum Gasteiger partial charge on any atom is 0.416 e. The van der Waals surface area contributed by atoms with Crippen LogP contribution in [0.4, 0.5) is 24.5 Å². The minimum Gasteiger partial charge on any atom is -0.504 e. The van der Waals surface area contributed by atoms with Crippen LogP contribution < -0.4 is 15.0 Å². The molecular formula is C20H17F3N2O6. The first-order valence-corrected chi connectivity index (χ1v) is 8.92. The summed E-state index contributed by atoms with van der Waals surface area (Å²) < 4.78 is 48.9. The van der Waals surface area contributed by atoms with Crippen LogP contribution in [0.5, 0.6) is 11.5 Å². The van der Waals surface area contributed by atoms with E-state index in [1.54, 1.807) is 0 Å². The van der Waals surface area contributed by atoms with Crippen molar-refractivity contribution in [1.29, 1.82) is 0 Å². The molecule has 1 heterocycles.